The second-order valence-corrected chi connectivity index (χ2v) is 9.99. The van der Waals surface area contributed by atoms with Gasteiger partial charge >= 0.3 is 0 Å². The monoisotopic (exact) mass is 324 g/mol. The third-order valence-corrected chi connectivity index (χ3v) is 6.21. The lowest BCUT2D eigenvalue weighted by Gasteiger charge is -1.96. The number of unbranched alkanes of at least 4 members (excludes halogenated alkanes) is 1. The minimum absolute atomic E-state index is 0.0403. The maximum atomic E-state index is 11.5. The van der Waals surface area contributed by atoms with E-state index in [0.29, 0.717) is 10.8 Å². The van der Waals surface area contributed by atoms with Gasteiger partial charge in [0.1, 0.15) is 0 Å². The summed E-state index contributed by atoms with van der Waals surface area (Å²) >= 11 is 0. The summed E-state index contributed by atoms with van der Waals surface area (Å²) in [5.74, 6) is -0.316. The van der Waals surface area contributed by atoms with E-state index in [9.17, 15) is 16.8 Å². The molecule has 0 atom stereocenters. The average Bonchev–Trinajstić information content (AvgIpc) is 2.30. The largest absolute Gasteiger partial charge is 0.228 e. The molecule has 0 amide bonds. The second kappa shape index (κ2) is 9.39. The Bertz CT molecular complexity index is 513. The Morgan fingerprint density at radius 3 is 2.26 bits per heavy atom. The lowest BCUT2D eigenvalue weighted by Crippen LogP contribution is -2.06. The lowest BCUT2D eigenvalue weighted by molar-refractivity contribution is 0.601. The summed E-state index contributed by atoms with van der Waals surface area (Å²) < 4.78 is 45.7. The highest BCUT2D eigenvalue weighted by Gasteiger charge is 2.08. The summed E-state index contributed by atoms with van der Waals surface area (Å²) in [7, 11) is -5.82. The molecule has 0 aromatic carbocycles. The van der Waals surface area contributed by atoms with Gasteiger partial charge in [0.05, 0.1) is 17.3 Å². The third kappa shape index (κ3) is 11.0. The van der Waals surface area contributed by atoms with Gasteiger partial charge in [0.25, 0.3) is 0 Å². The van der Waals surface area contributed by atoms with Gasteiger partial charge in [-0.1, -0.05) is 37.6 Å². The Morgan fingerprint density at radius 1 is 1.00 bits per heavy atom. The number of hydrogen-bond donors (Lipinski definition) is 0. The summed E-state index contributed by atoms with van der Waals surface area (Å²) in [6.07, 6.45) is 7.94. The van der Waals surface area contributed by atoms with Crippen molar-refractivity contribution in [3.8, 4) is 0 Å². The predicted octanol–water partition coefficient (Wildman–Crippen LogP) is 2.52. The Kier molecular flexibility index (Phi) is 9.12. The molecule has 0 unspecified atom stereocenters. The number of rotatable bonds is 10. The number of allylic oxidation sites excluding steroid dienone is 1. The molecular formula is C12H20O4S3. The average molecular weight is 324 g/mol. The SMILES string of the molecule is C=CCS(=O)(=O)C/C=C\SS(=O)(=O)C/C=C/CCC. The fourth-order valence-corrected chi connectivity index (χ4v) is 4.08. The molecule has 4 nitrogen and oxygen atoms in total. The number of hydrogen-bond acceptors (Lipinski definition) is 5. The zero-order valence-corrected chi connectivity index (χ0v) is 13.4. The van der Waals surface area contributed by atoms with E-state index < -0.39 is 18.7 Å². The van der Waals surface area contributed by atoms with Crippen molar-refractivity contribution in [2.75, 3.05) is 17.3 Å². The van der Waals surface area contributed by atoms with Crippen LogP contribution in [0.15, 0.2) is 36.3 Å². The predicted molar refractivity (Wildman–Crippen MR) is 83.4 cm³/mol. The summed E-state index contributed by atoms with van der Waals surface area (Å²) in [4.78, 5) is 0. The molecule has 0 aromatic heterocycles. The molecule has 0 saturated heterocycles. The van der Waals surface area contributed by atoms with Gasteiger partial charge in [-0.05, 0) is 22.6 Å². The Morgan fingerprint density at radius 2 is 1.68 bits per heavy atom. The maximum Gasteiger partial charge on any atom is 0.209 e. The van der Waals surface area contributed by atoms with Gasteiger partial charge in [0, 0.05) is 0 Å². The third-order valence-electron chi connectivity index (χ3n) is 1.94. The molecule has 0 aliphatic carbocycles. The standard InChI is InChI=1S/C12H20O4S3/c1-3-5-6-7-12-19(15,16)17-9-8-11-18(13,14)10-4-2/h4,6-9H,2-3,5,10-12H2,1H3/b7-6+,9-8-. The van der Waals surface area contributed by atoms with Crippen LogP contribution < -0.4 is 0 Å². The van der Waals surface area contributed by atoms with E-state index in [-0.39, 0.29) is 17.3 Å². The van der Waals surface area contributed by atoms with Crippen molar-refractivity contribution in [1.82, 2.24) is 0 Å². The van der Waals surface area contributed by atoms with Crippen molar-refractivity contribution in [2.24, 2.45) is 0 Å². The quantitative estimate of drug-likeness (QED) is 0.456. The first-order chi connectivity index (χ1) is 8.83. The molecule has 0 fully saturated rings. The Hall–Kier alpha value is -0.530. The molecule has 0 aliphatic rings. The van der Waals surface area contributed by atoms with Gasteiger partial charge in [0.2, 0.25) is 8.87 Å². The van der Waals surface area contributed by atoms with Crippen molar-refractivity contribution < 1.29 is 16.8 Å². The molecule has 7 heteroatoms. The zero-order chi connectivity index (χ0) is 14.8. The molecule has 0 saturated carbocycles. The van der Waals surface area contributed by atoms with Crippen molar-refractivity contribution >= 4 is 29.5 Å². The van der Waals surface area contributed by atoms with Crippen LogP contribution in [0, 0.1) is 0 Å². The van der Waals surface area contributed by atoms with E-state index in [0.717, 1.165) is 12.8 Å². The second-order valence-electron chi connectivity index (χ2n) is 3.82. The van der Waals surface area contributed by atoms with Crippen molar-refractivity contribution in [1.29, 1.82) is 0 Å². The van der Waals surface area contributed by atoms with Gasteiger partial charge in [-0.25, -0.2) is 16.8 Å². The van der Waals surface area contributed by atoms with Crippen LogP contribution in [0.25, 0.3) is 0 Å². The number of sulfone groups is 1. The molecule has 0 heterocycles. The molecular weight excluding hydrogens is 304 g/mol. The molecule has 0 N–H and O–H groups in total. The van der Waals surface area contributed by atoms with Gasteiger partial charge < -0.3 is 0 Å². The van der Waals surface area contributed by atoms with E-state index in [4.69, 9.17) is 0 Å². The molecule has 0 aromatic rings. The highest BCUT2D eigenvalue weighted by Crippen LogP contribution is 2.15. The van der Waals surface area contributed by atoms with Crippen LogP contribution in [0.3, 0.4) is 0 Å². The van der Waals surface area contributed by atoms with Crippen LogP contribution in [0.1, 0.15) is 19.8 Å². The summed E-state index contributed by atoms with van der Waals surface area (Å²) in [5.41, 5.74) is 0. The van der Waals surface area contributed by atoms with Gasteiger partial charge in [-0.15, -0.1) is 6.58 Å². The molecule has 0 spiro atoms. The topological polar surface area (TPSA) is 68.3 Å². The molecule has 0 aliphatic heterocycles. The molecule has 19 heavy (non-hydrogen) atoms. The van der Waals surface area contributed by atoms with Gasteiger partial charge in [0.15, 0.2) is 9.84 Å². The fraction of sp³-hybridized carbons (Fsp3) is 0.500. The minimum Gasteiger partial charge on any atom is -0.228 e. The van der Waals surface area contributed by atoms with Gasteiger partial charge in [-0.2, -0.15) is 0 Å². The first-order valence-corrected chi connectivity index (χ1v) is 10.7. The molecule has 0 rings (SSSR count). The fourth-order valence-electron chi connectivity index (χ4n) is 1.07. The van der Waals surface area contributed by atoms with E-state index in [2.05, 4.69) is 6.58 Å². The van der Waals surface area contributed by atoms with E-state index in [1.54, 1.807) is 6.08 Å². The normalized spacial score (nSPS) is 13.3. The molecule has 110 valence electrons. The first-order valence-electron chi connectivity index (χ1n) is 5.85. The smallest absolute Gasteiger partial charge is 0.209 e. The van der Waals surface area contributed by atoms with E-state index in [1.165, 1.54) is 17.6 Å². The zero-order valence-electron chi connectivity index (χ0n) is 11.0. The van der Waals surface area contributed by atoms with Crippen LogP contribution in [0.2, 0.25) is 0 Å². The highest BCUT2D eigenvalue weighted by molar-refractivity contribution is 8.73. The van der Waals surface area contributed by atoms with Crippen molar-refractivity contribution in [3.05, 3.63) is 36.3 Å². The van der Waals surface area contributed by atoms with Crippen LogP contribution >= 0.6 is 10.8 Å². The molecule has 0 radical (unpaired) electrons. The summed E-state index contributed by atoms with van der Waals surface area (Å²) in [5, 5.41) is 1.31. The summed E-state index contributed by atoms with van der Waals surface area (Å²) in [6.45, 7) is 5.36. The maximum absolute atomic E-state index is 11.5. The molecule has 0 bridgehead atoms. The first kappa shape index (κ1) is 18.5. The van der Waals surface area contributed by atoms with Crippen molar-refractivity contribution in [3.63, 3.8) is 0 Å². The van der Waals surface area contributed by atoms with E-state index >= 15 is 0 Å². The van der Waals surface area contributed by atoms with Crippen LogP contribution in [-0.2, 0) is 18.7 Å². The Labute approximate surface area is 119 Å². The summed E-state index contributed by atoms with van der Waals surface area (Å²) in [6, 6.07) is 0. The Balaban J connectivity index is 4.21. The van der Waals surface area contributed by atoms with Crippen LogP contribution in [-0.4, -0.2) is 34.1 Å². The lowest BCUT2D eigenvalue weighted by atomic mass is 10.3. The van der Waals surface area contributed by atoms with Crippen LogP contribution in [0.4, 0.5) is 0 Å². The van der Waals surface area contributed by atoms with Crippen molar-refractivity contribution in [2.45, 2.75) is 19.8 Å². The minimum atomic E-state index is -3.26. The van der Waals surface area contributed by atoms with Crippen LogP contribution in [0.5, 0.6) is 0 Å². The van der Waals surface area contributed by atoms with E-state index in [1.807, 2.05) is 13.0 Å². The van der Waals surface area contributed by atoms with Gasteiger partial charge in [-0.3, -0.25) is 0 Å². The highest BCUT2D eigenvalue weighted by atomic mass is 33.1.